The summed E-state index contributed by atoms with van der Waals surface area (Å²) in [5.74, 6) is -3.52. The van der Waals surface area contributed by atoms with Crippen LogP contribution < -0.4 is 5.32 Å². The van der Waals surface area contributed by atoms with E-state index in [1.165, 1.54) is 6.20 Å². The number of aryl methyl sites for hydroxylation is 1. The molecule has 1 heterocycles. The highest BCUT2D eigenvalue weighted by molar-refractivity contribution is 9.10. The topological polar surface area (TPSA) is 29.9 Å². The lowest BCUT2D eigenvalue weighted by molar-refractivity contribution is -0.293. The van der Waals surface area contributed by atoms with Crippen LogP contribution in [0.3, 0.4) is 0 Å². The van der Waals surface area contributed by atoms with Crippen LogP contribution in [-0.2, 0) is 6.54 Å². The van der Waals surface area contributed by atoms with Gasteiger partial charge in [0.05, 0.1) is 22.4 Å². The number of halogens is 7. The van der Waals surface area contributed by atoms with Crippen LogP contribution in [0, 0.1) is 5.92 Å². The minimum absolute atomic E-state index is 0.0946. The fraction of sp³-hybridized carbons (Fsp3) is 0.700. The van der Waals surface area contributed by atoms with Gasteiger partial charge in [-0.1, -0.05) is 0 Å². The van der Waals surface area contributed by atoms with Gasteiger partial charge in [0, 0.05) is 6.54 Å². The Hall–Kier alpha value is -0.770. The molecule has 20 heavy (non-hydrogen) atoms. The summed E-state index contributed by atoms with van der Waals surface area (Å²) in [6.45, 7) is 1.73. The summed E-state index contributed by atoms with van der Waals surface area (Å²) in [7, 11) is 1.05. The SMILES string of the molecule is CCn1ncc(Br)c1C(NC)C(C(F)(F)F)C(F)(F)F. The van der Waals surface area contributed by atoms with Crippen molar-refractivity contribution in [2.75, 3.05) is 7.05 Å². The van der Waals surface area contributed by atoms with E-state index in [1.54, 1.807) is 6.92 Å². The number of hydrogen-bond acceptors (Lipinski definition) is 2. The first-order valence-electron chi connectivity index (χ1n) is 5.55. The number of aromatic nitrogens is 2. The monoisotopic (exact) mass is 367 g/mol. The molecular formula is C10H12BrF6N3. The molecule has 1 rings (SSSR count). The summed E-state index contributed by atoms with van der Waals surface area (Å²) in [5.41, 5.74) is -0.186. The molecule has 0 spiro atoms. The van der Waals surface area contributed by atoms with Crippen LogP contribution in [0.1, 0.15) is 18.7 Å². The molecule has 1 aromatic rings. The maximum Gasteiger partial charge on any atom is 0.402 e. The van der Waals surface area contributed by atoms with Gasteiger partial charge in [0.15, 0.2) is 5.92 Å². The first kappa shape index (κ1) is 17.3. The molecule has 0 aliphatic rings. The van der Waals surface area contributed by atoms with Gasteiger partial charge in [0.1, 0.15) is 0 Å². The lowest BCUT2D eigenvalue weighted by Gasteiger charge is -2.31. The van der Waals surface area contributed by atoms with Crippen molar-refractivity contribution in [1.82, 2.24) is 15.1 Å². The zero-order valence-electron chi connectivity index (χ0n) is 10.5. The van der Waals surface area contributed by atoms with Crippen molar-refractivity contribution in [3.05, 3.63) is 16.4 Å². The second-order valence-corrected chi connectivity index (χ2v) is 4.88. The maximum absolute atomic E-state index is 12.8. The maximum atomic E-state index is 12.8. The van der Waals surface area contributed by atoms with Crippen LogP contribution in [0.5, 0.6) is 0 Å². The van der Waals surface area contributed by atoms with E-state index >= 15 is 0 Å². The molecule has 0 saturated heterocycles. The van der Waals surface area contributed by atoms with E-state index in [-0.39, 0.29) is 16.7 Å². The molecule has 0 aliphatic heterocycles. The standard InChI is InChI=1S/C10H12BrF6N3/c1-3-20-7(5(11)4-19-20)6(18-2)8(9(12,13)14)10(15,16)17/h4,6,8,18H,3H2,1-2H3. The molecule has 0 fully saturated rings. The van der Waals surface area contributed by atoms with E-state index in [1.807, 2.05) is 0 Å². The lowest BCUT2D eigenvalue weighted by Crippen LogP contribution is -2.45. The van der Waals surface area contributed by atoms with Gasteiger partial charge in [0.2, 0.25) is 0 Å². The Morgan fingerprint density at radius 3 is 2.10 bits per heavy atom. The Kier molecular flexibility index (Phi) is 5.12. The largest absolute Gasteiger partial charge is 0.402 e. The third-order valence-electron chi connectivity index (χ3n) is 2.78. The fourth-order valence-corrected chi connectivity index (χ4v) is 2.50. The molecule has 0 radical (unpaired) electrons. The second kappa shape index (κ2) is 5.92. The molecule has 0 amide bonds. The summed E-state index contributed by atoms with van der Waals surface area (Å²) < 4.78 is 78.0. The molecule has 1 aromatic heterocycles. The molecule has 10 heteroatoms. The predicted molar refractivity (Wildman–Crippen MR) is 63.0 cm³/mol. The molecule has 1 unspecified atom stereocenters. The number of rotatable bonds is 4. The number of hydrogen-bond donors (Lipinski definition) is 1. The average Bonchev–Trinajstić information content (AvgIpc) is 2.63. The summed E-state index contributed by atoms with van der Waals surface area (Å²) in [4.78, 5) is 0. The normalized spacial score (nSPS) is 14.9. The zero-order chi connectivity index (χ0) is 15.7. The van der Waals surface area contributed by atoms with Crippen LogP contribution in [0.25, 0.3) is 0 Å². The van der Waals surface area contributed by atoms with E-state index in [2.05, 4.69) is 26.3 Å². The molecular weight excluding hydrogens is 356 g/mol. The number of nitrogens with zero attached hydrogens (tertiary/aromatic N) is 2. The Morgan fingerprint density at radius 2 is 1.75 bits per heavy atom. The predicted octanol–water partition coefficient (Wildman–Crippen LogP) is 3.67. The Labute approximate surface area is 119 Å². The molecule has 0 aromatic carbocycles. The van der Waals surface area contributed by atoms with Crippen LogP contribution in [-0.4, -0.2) is 29.2 Å². The van der Waals surface area contributed by atoms with Gasteiger partial charge in [-0.2, -0.15) is 31.4 Å². The smallest absolute Gasteiger partial charge is 0.311 e. The molecule has 0 saturated carbocycles. The van der Waals surface area contributed by atoms with E-state index in [4.69, 9.17) is 0 Å². The van der Waals surface area contributed by atoms with Crippen molar-refractivity contribution >= 4 is 15.9 Å². The molecule has 1 atom stereocenters. The van der Waals surface area contributed by atoms with Crippen LogP contribution in [0.15, 0.2) is 10.7 Å². The molecule has 0 aliphatic carbocycles. The molecule has 116 valence electrons. The lowest BCUT2D eigenvalue weighted by atomic mass is 9.95. The van der Waals surface area contributed by atoms with Gasteiger partial charge >= 0.3 is 12.4 Å². The molecule has 1 N–H and O–H groups in total. The van der Waals surface area contributed by atoms with Gasteiger partial charge in [-0.05, 0) is 29.9 Å². The van der Waals surface area contributed by atoms with Crippen LogP contribution in [0.4, 0.5) is 26.3 Å². The van der Waals surface area contributed by atoms with E-state index in [0.717, 1.165) is 11.7 Å². The second-order valence-electron chi connectivity index (χ2n) is 4.02. The summed E-state index contributed by atoms with van der Waals surface area (Å²) in [5, 5.41) is 5.85. The van der Waals surface area contributed by atoms with Crippen molar-refractivity contribution in [3.8, 4) is 0 Å². The minimum atomic E-state index is -5.42. The Morgan fingerprint density at radius 1 is 1.25 bits per heavy atom. The van der Waals surface area contributed by atoms with Crippen LogP contribution >= 0.6 is 15.9 Å². The average molecular weight is 368 g/mol. The Bertz CT molecular complexity index is 439. The zero-order valence-corrected chi connectivity index (χ0v) is 12.1. The Balaban J connectivity index is 3.38. The highest BCUT2D eigenvalue weighted by atomic mass is 79.9. The quantitative estimate of drug-likeness (QED) is 0.823. The minimum Gasteiger partial charge on any atom is -0.311 e. The number of alkyl halides is 6. The molecule has 3 nitrogen and oxygen atoms in total. The summed E-state index contributed by atoms with van der Waals surface area (Å²) in [6.07, 6.45) is -9.67. The number of nitrogens with one attached hydrogen (secondary N) is 1. The first-order valence-corrected chi connectivity index (χ1v) is 6.35. The van der Waals surface area contributed by atoms with Gasteiger partial charge < -0.3 is 5.32 Å². The highest BCUT2D eigenvalue weighted by Crippen LogP contribution is 2.47. The van der Waals surface area contributed by atoms with Crippen molar-refractivity contribution in [3.63, 3.8) is 0 Å². The fourth-order valence-electron chi connectivity index (χ4n) is 1.96. The third kappa shape index (κ3) is 3.46. The third-order valence-corrected chi connectivity index (χ3v) is 3.39. The molecule has 0 bridgehead atoms. The van der Waals surface area contributed by atoms with Crippen LogP contribution in [0.2, 0.25) is 0 Å². The van der Waals surface area contributed by atoms with Crippen molar-refractivity contribution < 1.29 is 26.3 Å². The van der Waals surface area contributed by atoms with E-state index in [9.17, 15) is 26.3 Å². The van der Waals surface area contributed by atoms with Crippen molar-refractivity contribution in [2.24, 2.45) is 5.92 Å². The van der Waals surface area contributed by atoms with Gasteiger partial charge in [-0.3, -0.25) is 4.68 Å². The van der Waals surface area contributed by atoms with E-state index in [0.29, 0.717) is 0 Å². The van der Waals surface area contributed by atoms with Gasteiger partial charge in [-0.15, -0.1) is 0 Å². The first-order chi connectivity index (χ1) is 9.04. The summed E-state index contributed by atoms with van der Waals surface area (Å²) in [6, 6.07) is -1.98. The summed E-state index contributed by atoms with van der Waals surface area (Å²) >= 11 is 2.94. The highest BCUT2D eigenvalue weighted by Gasteiger charge is 2.61. The van der Waals surface area contributed by atoms with E-state index < -0.39 is 24.3 Å². The van der Waals surface area contributed by atoms with Crippen molar-refractivity contribution in [2.45, 2.75) is 31.9 Å². The van der Waals surface area contributed by atoms with Gasteiger partial charge in [0.25, 0.3) is 0 Å². The van der Waals surface area contributed by atoms with Crippen molar-refractivity contribution in [1.29, 1.82) is 0 Å². The van der Waals surface area contributed by atoms with Gasteiger partial charge in [-0.25, -0.2) is 0 Å².